The van der Waals surface area contributed by atoms with E-state index in [0.29, 0.717) is 133 Å². The van der Waals surface area contributed by atoms with Gasteiger partial charge in [0.25, 0.3) is 23.6 Å². The minimum absolute atomic E-state index is 0.142. The van der Waals surface area contributed by atoms with Crippen LogP contribution in [0, 0.1) is 23.3 Å². The van der Waals surface area contributed by atoms with Crippen molar-refractivity contribution in [3.8, 4) is 23.0 Å². The lowest BCUT2D eigenvalue weighted by Gasteiger charge is -2.11. The number of carbonyl (C=O) groups excluding carboxylic acids is 4. The van der Waals surface area contributed by atoms with Crippen LogP contribution in [0.15, 0.2) is 146 Å². The molecule has 0 saturated carbocycles. The first-order valence-corrected chi connectivity index (χ1v) is 35.7. The molecule has 13 N–H and O–H groups in total. The van der Waals surface area contributed by atoms with Crippen molar-refractivity contribution in [2.24, 2.45) is 5.73 Å². The lowest BCUT2D eigenvalue weighted by atomic mass is 10.1. The number of carbonyl (C=O) groups is 4. The average Bonchev–Trinajstić information content (AvgIpc) is 1.70. The fraction of sp³-hybridized carbons (Fsp3) is 0.229. The van der Waals surface area contributed by atoms with Crippen LogP contribution < -0.4 is 56.6 Å². The second kappa shape index (κ2) is 41.5. The monoisotopic (exact) mass is 1520 g/mol. The second-order valence-electron chi connectivity index (χ2n) is 24.9. The summed E-state index contributed by atoms with van der Waals surface area (Å²) in [5.41, 5.74) is 16.0. The summed E-state index contributed by atoms with van der Waals surface area (Å²) in [5, 5.41) is 58.7. The van der Waals surface area contributed by atoms with Gasteiger partial charge in [0, 0.05) is 26.2 Å². The van der Waals surface area contributed by atoms with Crippen molar-refractivity contribution in [2.45, 2.75) is 39.2 Å². The Labute approximate surface area is 638 Å². The SMILES string of the molecule is CCNCCCNC(=O)c1ccc2n[nH]c(/C=C/c3ccc(F)cc3)c2c1OC.CNCCCNC(=O)c1ccc2n[nH]c(/C=C/c3ccc(F)cc3)c2c1OC.COc1c(C(=O)NCCCN)ccc2n[nH]c(/C=C/c3ccc(F)cc3)c12.COc1c(C(=O)NC[C@@H](C)O)ccc2n[nH]c(/C=C/c3ccc(F)cc3)c12. The third-order valence-corrected chi connectivity index (χ3v) is 17.0. The summed E-state index contributed by atoms with van der Waals surface area (Å²) in [5.74, 6) is -0.308. The zero-order valence-corrected chi connectivity index (χ0v) is 62.4. The lowest BCUT2D eigenvalue weighted by molar-refractivity contribution is 0.0918. The highest BCUT2D eigenvalue weighted by molar-refractivity contribution is 6.09. The number of nitrogens with two attached hydrogens (primary N) is 1. The van der Waals surface area contributed by atoms with Crippen molar-refractivity contribution in [1.29, 1.82) is 0 Å². The van der Waals surface area contributed by atoms with Gasteiger partial charge in [-0.2, -0.15) is 20.4 Å². The molecule has 0 fully saturated rings. The number of ether oxygens (including phenoxy) is 4. The van der Waals surface area contributed by atoms with E-state index < -0.39 is 6.10 Å². The molecule has 0 aliphatic heterocycles. The molecule has 24 nitrogen and oxygen atoms in total. The minimum atomic E-state index is -0.646. The highest BCUT2D eigenvalue weighted by atomic mass is 19.1. The number of nitrogens with one attached hydrogen (secondary N) is 10. The van der Waals surface area contributed by atoms with Gasteiger partial charge in [0.05, 0.1) is 123 Å². The molecule has 12 aromatic rings. The number of hydrogen-bond acceptors (Lipinski definition) is 16. The normalized spacial score (nSPS) is 11.5. The molecule has 578 valence electrons. The Kier molecular flexibility index (Phi) is 30.8. The molecule has 4 heterocycles. The van der Waals surface area contributed by atoms with Crippen LogP contribution in [0.5, 0.6) is 23.0 Å². The molecule has 12 rings (SSSR count). The van der Waals surface area contributed by atoms with Gasteiger partial charge in [-0.05, 0) is 203 Å². The summed E-state index contributed by atoms with van der Waals surface area (Å²) in [6.45, 7) is 8.54. The summed E-state index contributed by atoms with van der Waals surface area (Å²) in [7, 11) is 7.95. The predicted molar refractivity (Wildman–Crippen MR) is 428 cm³/mol. The van der Waals surface area contributed by atoms with E-state index in [0.717, 1.165) is 65.5 Å². The Hall–Kier alpha value is -12.8. The van der Waals surface area contributed by atoms with Crippen molar-refractivity contribution in [3.05, 3.63) is 236 Å². The van der Waals surface area contributed by atoms with Gasteiger partial charge < -0.3 is 61.7 Å². The maximum atomic E-state index is 13.1. The molecule has 4 amide bonds. The molecular formula is C83H89F4N15O9. The molecule has 0 radical (unpaired) electrons. The van der Waals surface area contributed by atoms with Gasteiger partial charge in [-0.1, -0.05) is 79.8 Å². The molecule has 0 aliphatic carbocycles. The number of rotatable bonds is 30. The number of methoxy groups -OCH3 is 4. The number of H-pyrrole nitrogens is 4. The third-order valence-electron chi connectivity index (χ3n) is 17.0. The van der Waals surface area contributed by atoms with E-state index in [1.807, 2.05) is 56.5 Å². The number of benzene rings is 8. The van der Waals surface area contributed by atoms with Gasteiger partial charge in [0.15, 0.2) is 0 Å². The van der Waals surface area contributed by atoms with E-state index in [1.165, 1.54) is 77.0 Å². The highest BCUT2D eigenvalue weighted by Crippen LogP contribution is 2.37. The standard InChI is InChI=1S/C22H25FN4O2.C21H23FN4O2.C20H21FN4O2.C20H20FN3O3/c1-3-24-13-4-14-25-22(28)17-10-12-19-20(21(17)29-2)18(26-27-19)11-7-15-5-8-16(23)9-6-15;1-23-12-3-13-24-21(27)16-9-11-18-19(20(16)28-2)17(25-26-18)10-6-14-4-7-15(22)8-5-14;1-27-19-15(20(26)23-12-2-11-22)8-10-17-18(19)16(24-25-17)9-5-13-3-6-14(21)7-4-13;1-12(25)11-22-20(26)15-8-10-17-18(19(15)27-2)16(23-24-17)9-5-13-3-6-14(21)7-4-13/h5-12,24H,3-4,13-14H2,1-2H3,(H,25,28)(H,26,27);4-11,23H,3,12-13H2,1-2H3,(H,24,27)(H,25,26);3-10H,2,11-12,22H2,1H3,(H,23,26)(H,24,25);3-10,12,25H,11H2,1-2H3,(H,22,26)(H,23,24)/b11-7+;10-6+;2*9-5+/t;;;12-/m...1/s1. The van der Waals surface area contributed by atoms with Crippen LogP contribution in [0.25, 0.3) is 92.2 Å². The van der Waals surface area contributed by atoms with Crippen LogP contribution in [0.2, 0.25) is 0 Å². The Morgan fingerprint density at radius 2 is 0.676 bits per heavy atom. The van der Waals surface area contributed by atoms with E-state index in [1.54, 1.807) is 110 Å². The number of halogens is 4. The fourth-order valence-electron chi connectivity index (χ4n) is 11.5. The molecule has 4 aromatic heterocycles. The number of amides is 4. The first-order valence-electron chi connectivity index (χ1n) is 35.7. The Morgan fingerprint density at radius 1 is 0.405 bits per heavy atom. The van der Waals surface area contributed by atoms with Crippen LogP contribution in [0.4, 0.5) is 17.6 Å². The van der Waals surface area contributed by atoms with Crippen LogP contribution in [0.1, 0.15) is 120 Å². The minimum Gasteiger partial charge on any atom is -0.495 e. The van der Waals surface area contributed by atoms with E-state index in [2.05, 4.69) is 72.7 Å². The maximum absolute atomic E-state index is 13.1. The van der Waals surface area contributed by atoms with Crippen LogP contribution in [-0.4, -0.2) is 163 Å². The van der Waals surface area contributed by atoms with Crippen molar-refractivity contribution < 1.29 is 60.8 Å². The molecule has 8 aromatic carbocycles. The van der Waals surface area contributed by atoms with Gasteiger partial charge in [0.1, 0.15) is 46.3 Å². The second-order valence-corrected chi connectivity index (χ2v) is 24.9. The zero-order chi connectivity index (χ0) is 79.2. The molecule has 111 heavy (non-hydrogen) atoms. The van der Waals surface area contributed by atoms with Gasteiger partial charge in [0.2, 0.25) is 0 Å². The number of hydrogen-bond donors (Lipinski definition) is 12. The highest BCUT2D eigenvalue weighted by Gasteiger charge is 2.23. The van der Waals surface area contributed by atoms with Gasteiger partial charge >= 0.3 is 0 Å². The smallest absolute Gasteiger partial charge is 0.255 e. The summed E-state index contributed by atoms with van der Waals surface area (Å²) in [6, 6.07) is 38.4. The van der Waals surface area contributed by atoms with Gasteiger partial charge in [-0.25, -0.2) is 17.6 Å². The molecular weight excluding hydrogens is 1430 g/mol. The fourth-order valence-corrected chi connectivity index (χ4v) is 11.5. The predicted octanol–water partition coefficient (Wildman–Crippen LogP) is 12.8. The summed E-state index contributed by atoms with van der Waals surface area (Å²) in [6.07, 6.45) is 16.4. The zero-order valence-electron chi connectivity index (χ0n) is 62.4. The van der Waals surface area contributed by atoms with Crippen LogP contribution in [-0.2, 0) is 0 Å². The van der Waals surface area contributed by atoms with Crippen molar-refractivity contribution in [2.75, 3.05) is 87.8 Å². The first-order chi connectivity index (χ1) is 53.9. The van der Waals surface area contributed by atoms with Crippen molar-refractivity contribution in [1.82, 2.24) is 72.7 Å². The molecule has 0 aliphatic rings. The van der Waals surface area contributed by atoms with E-state index in [-0.39, 0.29) is 53.4 Å². The maximum Gasteiger partial charge on any atom is 0.255 e. The third kappa shape index (κ3) is 22.4. The van der Waals surface area contributed by atoms with E-state index in [4.69, 9.17) is 24.7 Å². The quantitative estimate of drug-likeness (QED) is 0.0147. The number of aliphatic hydroxyl groups is 1. The Balaban J connectivity index is 0.000000170. The molecule has 0 spiro atoms. The number of nitrogens with zero attached hydrogens (tertiary/aromatic N) is 4. The molecule has 0 unspecified atom stereocenters. The number of aromatic amines is 4. The van der Waals surface area contributed by atoms with Crippen molar-refractivity contribution in [3.63, 3.8) is 0 Å². The molecule has 0 bridgehead atoms. The Bertz CT molecular complexity index is 5210. The van der Waals surface area contributed by atoms with E-state index >= 15 is 0 Å². The Morgan fingerprint density at radius 3 is 0.928 bits per heavy atom. The van der Waals surface area contributed by atoms with Crippen LogP contribution in [0.3, 0.4) is 0 Å². The number of fused-ring (bicyclic) bond motifs is 4. The summed E-state index contributed by atoms with van der Waals surface area (Å²) in [4.78, 5) is 50.1. The summed E-state index contributed by atoms with van der Waals surface area (Å²) < 4.78 is 74.3. The first kappa shape index (κ1) is 82.3. The molecule has 0 saturated heterocycles. The summed E-state index contributed by atoms with van der Waals surface area (Å²) >= 11 is 0. The lowest BCUT2D eigenvalue weighted by Crippen LogP contribution is -2.30. The molecule has 28 heteroatoms. The van der Waals surface area contributed by atoms with E-state index in [9.17, 15) is 41.8 Å². The van der Waals surface area contributed by atoms with Gasteiger partial charge in [-0.3, -0.25) is 39.6 Å². The topological polar surface area (TPSA) is 338 Å². The number of aromatic nitrogens is 8. The largest absolute Gasteiger partial charge is 0.495 e. The number of aliphatic hydroxyl groups excluding tert-OH is 1. The van der Waals surface area contributed by atoms with Crippen molar-refractivity contribution >= 4 is 116 Å². The molecule has 1 atom stereocenters. The van der Waals surface area contributed by atoms with Gasteiger partial charge in [-0.15, -0.1) is 0 Å². The van der Waals surface area contributed by atoms with Crippen LogP contribution >= 0.6 is 0 Å². The average molecular weight is 1520 g/mol.